The van der Waals surface area contributed by atoms with Crippen LogP contribution in [0.5, 0.6) is 0 Å². The van der Waals surface area contributed by atoms with E-state index in [9.17, 15) is 0 Å². The fourth-order valence-electron chi connectivity index (χ4n) is 2.57. The molecular weight excluding hydrogens is 246 g/mol. The van der Waals surface area contributed by atoms with Crippen molar-refractivity contribution in [3.63, 3.8) is 0 Å². The zero-order chi connectivity index (χ0) is 13.8. The monoisotopic (exact) mass is 265 g/mol. The van der Waals surface area contributed by atoms with Gasteiger partial charge in [-0.25, -0.2) is 0 Å². The molecule has 3 N–H and O–H groups in total. The number of hydrogen-bond donors (Lipinski definition) is 2. The second-order valence-electron chi connectivity index (χ2n) is 5.06. The molecule has 2 aromatic carbocycles. The molecule has 0 bridgehead atoms. The first-order valence-electron chi connectivity index (χ1n) is 7.00. The molecule has 1 saturated heterocycles. The third kappa shape index (κ3) is 2.73. The number of nitrogen functional groups attached to an aromatic ring is 1. The van der Waals surface area contributed by atoms with Gasteiger partial charge in [0.05, 0.1) is 0 Å². The van der Waals surface area contributed by atoms with E-state index >= 15 is 0 Å². The average molecular weight is 265 g/mol. The summed E-state index contributed by atoms with van der Waals surface area (Å²) in [7, 11) is 0. The molecule has 3 rings (SSSR count). The second kappa shape index (κ2) is 5.88. The predicted octanol–water partition coefficient (Wildman–Crippen LogP) is 2.79. The maximum Gasteiger partial charge on any atom is 0.102 e. The Bertz CT molecular complexity index is 597. The predicted molar refractivity (Wildman–Crippen MR) is 84.1 cm³/mol. The van der Waals surface area contributed by atoms with Crippen LogP contribution in [-0.4, -0.2) is 18.8 Å². The zero-order valence-corrected chi connectivity index (χ0v) is 11.4. The number of aliphatic imine (C=N–C) groups is 1. The van der Waals surface area contributed by atoms with Gasteiger partial charge in [-0.3, -0.25) is 4.99 Å². The average Bonchev–Trinajstić information content (AvgIpc) is 3.00. The van der Waals surface area contributed by atoms with Gasteiger partial charge in [-0.05, 0) is 18.1 Å². The largest absolute Gasteiger partial charge is 0.398 e. The molecule has 0 spiro atoms. The molecule has 0 saturated carbocycles. The zero-order valence-electron chi connectivity index (χ0n) is 11.4. The van der Waals surface area contributed by atoms with E-state index < -0.39 is 0 Å². The molecule has 0 aromatic heterocycles. The van der Waals surface area contributed by atoms with Gasteiger partial charge in [-0.1, -0.05) is 48.5 Å². The Hall–Kier alpha value is -2.13. The molecule has 0 aliphatic carbocycles. The topological polar surface area (TPSA) is 50.4 Å². The standard InChI is InChI=1S/C17H19N3/c18-16-9-5-4-8-15(16)17(13-6-2-1-3-7-13)20-14-10-11-19-12-14/h1-9,17,19H,10-12,18H2. The van der Waals surface area contributed by atoms with Crippen LogP contribution in [0.15, 0.2) is 59.6 Å². The minimum atomic E-state index is -0.00713. The number of hydrogen-bond acceptors (Lipinski definition) is 3. The van der Waals surface area contributed by atoms with Crippen molar-refractivity contribution in [2.75, 3.05) is 18.8 Å². The minimum absolute atomic E-state index is 0.00713. The van der Waals surface area contributed by atoms with Crippen molar-refractivity contribution >= 4 is 11.4 Å². The molecule has 1 atom stereocenters. The van der Waals surface area contributed by atoms with E-state index in [0.29, 0.717) is 0 Å². The van der Waals surface area contributed by atoms with E-state index in [1.165, 1.54) is 11.3 Å². The summed E-state index contributed by atoms with van der Waals surface area (Å²) in [5, 5.41) is 3.33. The maximum absolute atomic E-state index is 6.15. The van der Waals surface area contributed by atoms with Crippen LogP contribution >= 0.6 is 0 Å². The lowest BCUT2D eigenvalue weighted by atomic mass is 9.97. The van der Waals surface area contributed by atoms with Gasteiger partial charge >= 0.3 is 0 Å². The van der Waals surface area contributed by atoms with Crippen LogP contribution < -0.4 is 11.1 Å². The summed E-state index contributed by atoms with van der Waals surface area (Å²) >= 11 is 0. The highest BCUT2D eigenvalue weighted by molar-refractivity contribution is 5.88. The first kappa shape index (κ1) is 12.9. The normalized spacial score (nSPS) is 18.3. The summed E-state index contributed by atoms with van der Waals surface area (Å²) in [6.45, 7) is 1.90. The van der Waals surface area contributed by atoms with Gasteiger partial charge in [-0.2, -0.15) is 0 Å². The van der Waals surface area contributed by atoms with E-state index in [2.05, 4.69) is 35.6 Å². The fourth-order valence-corrected chi connectivity index (χ4v) is 2.57. The highest BCUT2D eigenvalue weighted by Gasteiger charge is 2.17. The number of rotatable bonds is 3. The summed E-state index contributed by atoms with van der Waals surface area (Å²) in [4.78, 5) is 4.95. The first-order valence-corrected chi connectivity index (χ1v) is 7.00. The van der Waals surface area contributed by atoms with Gasteiger partial charge in [0, 0.05) is 30.1 Å². The lowest BCUT2D eigenvalue weighted by molar-refractivity contribution is 0.861. The van der Waals surface area contributed by atoms with Crippen LogP contribution in [0.25, 0.3) is 0 Å². The fraction of sp³-hybridized carbons (Fsp3) is 0.235. The first-order chi connectivity index (χ1) is 9.84. The van der Waals surface area contributed by atoms with Crippen molar-refractivity contribution in [3.05, 3.63) is 65.7 Å². The summed E-state index contributed by atoms with van der Waals surface area (Å²) in [6.07, 6.45) is 1.02. The van der Waals surface area contributed by atoms with Gasteiger partial charge in [-0.15, -0.1) is 0 Å². The molecule has 1 aliphatic rings. The van der Waals surface area contributed by atoms with Crippen LogP contribution in [-0.2, 0) is 0 Å². The van der Waals surface area contributed by atoms with Crippen molar-refractivity contribution in [2.24, 2.45) is 4.99 Å². The van der Waals surface area contributed by atoms with Crippen molar-refractivity contribution in [3.8, 4) is 0 Å². The number of nitrogens with zero attached hydrogens (tertiary/aromatic N) is 1. The van der Waals surface area contributed by atoms with Gasteiger partial charge in [0.15, 0.2) is 0 Å². The van der Waals surface area contributed by atoms with E-state index in [1.54, 1.807) is 0 Å². The van der Waals surface area contributed by atoms with Gasteiger partial charge in [0.2, 0.25) is 0 Å². The van der Waals surface area contributed by atoms with Crippen LogP contribution in [0.2, 0.25) is 0 Å². The Morgan fingerprint density at radius 2 is 1.75 bits per heavy atom. The number of nitrogens with one attached hydrogen (secondary N) is 1. The highest BCUT2D eigenvalue weighted by Crippen LogP contribution is 2.30. The molecule has 1 unspecified atom stereocenters. The lowest BCUT2D eigenvalue weighted by Gasteiger charge is -2.16. The smallest absolute Gasteiger partial charge is 0.102 e. The SMILES string of the molecule is Nc1ccccc1C(N=C1CCNC1)c1ccccc1. The molecule has 20 heavy (non-hydrogen) atoms. The highest BCUT2D eigenvalue weighted by atomic mass is 14.9. The number of benzene rings is 2. The number of anilines is 1. The molecule has 1 aliphatic heterocycles. The molecule has 0 radical (unpaired) electrons. The maximum atomic E-state index is 6.15. The molecular formula is C17H19N3. The number of nitrogens with two attached hydrogens (primary N) is 1. The Labute approximate surface area is 119 Å². The lowest BCUT2D eigenvalue weighted by Crippen LogP contribution is -2.11. The molecule has 2 aromatic rings. The summed E-state index contributed by atoms with van der Waals surface area (Å²) in [6, 6.07) is 18.3. The van der Waals surface area contributed by atoms with Crippen LogP contribution in [0.3, 0.4) is 0 Å². The molecule has 3 heteroatoms. The van der Waals surface area contributed by atoms with E-state index in [-0.39, 0.29) is 6.04 Å². The van der Waals surface area contributed by atoms with Gasteiger partial charge in [0.1, 0.15) is 6.04 Å². The Balaban J connectivity index is 2.04. The third-order valence-electron chi connectivity index (χ3n) is 3.64. The summed E-state index contributed by atoms with van der Waals surface area (Å²) in [5.41, 5.74) is 10.4. The van der Waals surface area contributed by atoms with Crippen molar-refractivity contribution < 1.29 is 0 Å². The van der Waals surface area contributed by atoms with Crippen LogP contribution in [0.1, 0.15) is 23.6 Å². The Kier molecular flexibility index (Phi) is 3.79. The third-order valence-corrected chi connectivity index (χ3v) is 3.64. The summed E-state index contributed by atoms with van der Waals surface area (Å²) < 4.78 is 0. The Morgan fingerprint density at radius 3 is 2.45 bits per heavy atom. The van der Waals surface area contributed by atoms with Crippen molar-refractivity contribution in [1.29, 1.82) is 0 Å². The van der Waals surface area contributed by atoms with E-state index in [0.717, 1.165) is 30.8 Å². The molecule has 102 valence electrons. The van der Waals surface area contributed by atoms with Crippen LogP contribution in [0, 0.1) is 0 Å². The molecule has 1 heterocycles. The van der Waals surface area contributed by atoms with E-state index in [4.69, 9.17) is 10.7 Å². The summed E-state index contributed by atoms with van der Waals surface area (Å²) in [5.74, 6) is 0. The van der Waals surface area contributed by atoms with Crippen molar-refractivity contribution in [2.45, 2.75) is 12.5 Å². The minimum Gasteiger partial charge on any atom is -0.398 e. The van der Waals surface area contributed by atoms with Crippen LogP contribution in [0.4, 0.5) is 5.69 Å². The molecule has 1 fully saturated rings. The van der Waals surface area contributed by atoms with Crippen molar-refractivity contribution in [1.82, 2.24) is 5.32 Å². The second-order valence-corrected chi connectivity index (χ2v) is 5.06. The molecule has 3 nitrogen and oxygen atoms in total. The quantitative estimate of drug-likeness (QED) is 0.838. The Morgan fingerprint density at radius 1 is 1.00 bits per heavy atom. The number of para-hydroxylation sites is 1. The van der Waals surface area contributed by atoms with E-state index in [1.807, 2.05) is 24.3 Å². The van der Waals surface area contributed by atoms with Gasteiger partial charge < -0.3 is 11.1 Å². The molecule has 0 amide bonds. The van der Waals surface area contributed by atoms with Gasteiger partial charge in [0.25, 0.3) is 0 Å².